The van der Waals surface area contributed by atoms with Gasteiger partial charge < -0.3 is 9.80 Å². The first-order valence-electron chi connectivity index (χ1n) is 13.6. The molecule has 1 aliphatic heterocycles. The Bertz CT molecular complexity index is 1720. The van der Waals surface area contributed by atoms with Gasteiger partial charge >= 0.3 is 5.69 Å². The number of pyridine rings is 2. The van der Waals surface area contributed by atoms with Crippen molar-refractivity contribution in [3.05, 3.63) is 87.8 Å². The predicted octanol–water partition coefficient (Wildman–Crippen LogP) is 5.68. The first-order valence-corrected chi connectivity index (χ1v) is 13.9. The minimum absolute atomic E-state index is 0.000356. The van der Waals surface area contributed by atoms with E-state index in [2.05, 4.69) is 16.5 Å². The molecule has 0 bridgehead atoms. The molecule has 2 atom stereocenters. The van der Waals surface area contributed by atoms with Gasteiger partial charge in [-0.1, -0.05) is 44.2 Å². The molecule has 3 aromatic heterocycles. The summed E-state index contributed by atoms with van der Waals surface area (Å²) in [5.41, 5.74) is 2.33. The molecule has 5 rings (SSSR count). The number of halogens is 2. The normalized spacial score (nSPS) is 17.4. The minimum Gasteiger partial charge on any atom is -0.347 e. The van der Waals surface area contributed by atoms with Gasteiger partial charge in [0.2, 0.25) is 5.91 Å². The van der Waals surface area contributed by atoms with Crippen LogP contribution in [-0.4, -0.2) is 55.5 Å². The van der Waals surface area contributed by atoms with Gasteiger partial charge in [0.25, 0.3) is 0 Å². The second-order valence-corrected chi connectivity index (χ2v) is 11.2. The summed E-state index contributed by atoms with van der Waals surface area (Å²) < 4.78 is 16.4. The summed E-state index contributed by atoms with van der Waals surface area (Å²) in [7, 11) is 0. The summed E-state index contributed by atoms with van der Waals surface area (Å²) in [4.78, 5) is 44.2. The second kappa shape index (κ2) is 11.0. The zero-order chi connectivity index (χ0) is 29.6. The van der Waals surface area contributed by atoms with E-state index < -0.39 is 11.5 Å². The fraction of sp³-hybridized carbons (Fsp3) is 0.323. The lowest BCUT2D eigenvalue weighted by Crippen LogP contribution is -2.58. The fourth-order valence-corrected chi connectivity index (χ4v) is 5.93. The topological polar surface area (TPSA) is 84.2 Å². The number of aromatic nitrogens is 4. The number of amides is 1. The second-order valence-electron chi connectivity index (χ2n) is 10.8. The number of nitrogens with zero attached hydrogens (tertiary/aromatic N) is 6. The van der Waals surface area contributed by atoms with Crippen LogP contribution in [0.3, 0.4) is 0 Å². The first-order chi connectivity index (χ1) is 19.5. The number of hydrogen-bond acceptors (Lipinski definition) is 6. The van der Waals surface area contributed by atoms with Gasteiger partial charge in [-0.15, -0.1) is 0 Å². The van der Waals surface area contributed by atoms with E-state index in [-0.39, 0.29) is 40.2 Å². The number of benzene rings is 1. The van der Waals surface area contributed by atoms with Gasteiger partial charge in [-0.05, 0) is 62.6 Å². The highest BCUT2D eigenvalue weighted by Gasteiger charge is 2.34. The molecule has 0 unspecified atom stereocenters. The Balaban J connectivity index is 1.84. The van der Waals surface area contributed by atoms with Crippen molar-refractivity contribution in [2.24, 2.45) is 0 Å². The van der Waals surface area contributed by atoms with E-state index in [1.165, 1.54) is 16.7 Å². The van der Waals surface area contributed by atoms with Crippen LogP contribution < -0.4 is 10.6 Å². The molecule has 0 aliphatic carbocycles. The van der Waals surface area contributed by atoms with Crippen LogP contribution in [0.15, 0.2) is 60.0 Å². The highest BCUT2D eigenvalue weighted by atomic mass is 35.5. The third-order valence-electron chi connectivity index (χ3n) is 7.51. The van der Waals surface area contributed by atoms with Crippen molar-refractivity contribution >= 4 is 34.4 Å². The SMILES string of the molecule is C=CC(=O)N1C[C@@H](C)N(c2nc(=O)n(-c3c(C)ccnc3C(C)C)c3nc(-c4ccccc4F)c(Cl)cc23)[C@@H](C)C1. The largest absolute Gasteiger partial charge is 0.355 e. The maximum atomic E-state index is 15.0. The summed E-state index contributed by atoms with van der Waals surface area (Å²) in [6.45, 7) is 14.3. The molecule has 10 heteroatoms. The molecule has 1 aromatic carbocycles. The third kappa shape index (κ3) is 4.99. The first kappa shape index (κ1) is 28.4. The summed E-state index contributed by atoms with van der Waals surface area (Å²) in [5, 5.41) is 0.762. The van der Waals surface area contributed by atoms with Crippen LogP contribution in [0, 0.1) is 12.7 Å². The lowest BCUT2D eigenvalue weighted by Gasteiger charge is -2.45. The van der Waals surface area contributed by atoms with Crippen LogP contribution in [0.5, 0.6) is 0 Å². The zero-order valence-corrected chi connectivity index (χ0v) is 24.5. The predicted molar refractivity (Wildman–Crippen MR) is 160 cm³/mol. The number of carbonyl (C=O) groups excluding carboxylic acids is 1. The van der Waals surface area contributed by atoms with E-state index in [1.54, 1.807) is 35.4 Å². The molecule has 41 heavy (non-hydrogen) atoms. The molecule has 0 radical (unpaired) electrons. The molecule has 4 heterocycles. The van der Waals surface area contributed by atoms with E-state index in [0.717, 1.165) is 5.56 Å². The van der Waals surface area contributed by atoms with Gasteiger partial charge in [0.1, 0.15) is 11.6 Å². The van der Waals surface area contributed by atoms with E-state index in [9.17, 15) is 14.0 Å². The molecule has 0 spiro atoms. The van der Waals surface area contributed by atoms with E-state index in [0.29, 0.717) is 41.3 Å². The Hall–Kier alpha value is -4.11. The molecule has 8 nitrogen and oxygen atoms in total. The van der Waals surface area contributed by atoms with Gasteiger partial charge in [-0.3, -0.25) is 9.78 Å². The van der Waals surface area contributed by atoms with Crippen molar-refractivity contribution in [1.82, 2.24) is 24.4 Å². The molecular weight excluding hydrogens is 543 g/mol. The van der Waals surface area contributed by atoms with Crippen molar-refractivity contribution in [1.29, 1.82) is 0 Å². The van der Waals surface area contributed by atoms with Crippen molar-refractivity contribution in [3.63, 3.8) is 0 Å². The fourth-order valence-electron chi connectivity index (χ4n) is 5.68. The van der Waals surface area contributed by atoms with Gasteiger partial charge in [0.15, 0.2) is 5.65 Å². The van der Waals surface area contributed by atoms with Crippen LogP contribution in [0.1, 0.15) is 44.9 Å². The van der Waals surface area contributed by atoms with Crippen LogP contribution in [-0.2, 0) is 4.79 Å². The van der Waals surface area contributed by atoms with Crippen molar-refractivity contribution in [2.75, 3.05) is 18.0 Å². The molecule has 1 amide bonds. The van der Waals surface area contributed by atoms with Crippen LogP contribution >= 0.6 is 11.6 Å². The number of rotatable bonds is 5. The highest BCUT2D eigenvalue weighted by Crippen LogP contribution is 2.37. The summed E-state index contributed by atoms with van der Waals surface area (Å²) in [6.07, 6.45) is 3.02. The number of aryl methyl sites for hydroxylation is 1. The number of carbonyl (C=O) groups is 1. The highest BCUT2D eigenvalue weighted by molar-refractivity contribution is 6.33. The Morgan fingerprint density at radius 3 is 2.46 bits per heavy atom. The Kier molecular flexibility index (Phi) is 7.66. The van der Waals surface area contributed by atoms with E-state index >= 15 is 0 Å². The quantitative estimate of drug-likeness (QED) is 0.285. The third-order valence-corrected chi connectivity index (χ3v) is 7.79. The molecule has 0 N–H and O–H groups in total. The monoisotopic (exact) mass is 574 g/mol. The van der Waals surface area contributed by atoms with Gasteiger partial charge in [0, 0.05) is 36.9 Å². The molecule has 212 valence electrons. The Morgan fingerprint density at radius 1 is 1.15 bits per heavy atom. The lowest BCUT2D eigenvalue weighted by atomic mass is 10.0. The molecule has 0 saturated carbocycles. The van der Waals surface area contributed by atoms with E-state index in [4.69, 9.17) is 16.6 Å². The molecule has 1 aliphatic rings. The standard InChI is InChI=1S/C31H32ClFN6O2/c1-7-25(40)37-15-19(5)38(20(6)16-37)30-22-14-23(32)27(21-10-8-9-11-24(21)33)35-29(22)39(31(41)36-30)28-18(4)12-13-34-26(28)17(2)3/h7-14,17,19-20H,1,15-16H2,2-6H3/t19-,20+. The zero-order valence-electron chi connectivity index (χ0n) is 23.7. The summed E-state index contributed by atoms with van der Waals surface area (Å²) >= 11 is 6.79. The summed E-state index contributed by atoms with van der Waals surface area (Å²) in [6, 6.07) is 9.44. The smallest absolute Gasteiger partial charge is 0.347 e. The van der Waals surface area contributed by atoms with Crippen LogP contribution in [0.25, 0.3) is 28.0 Å². The average Bonchev–Trinajstić information content (AvgIpc) is 2.93. The summed E-state index contributed by atoms with van der Waals surface area (Å²) in [5.74, 6) is -0.214. The molecule has 1 saturated heterocycles. The van der Waals surface area contributed by atoms with Gasteiger partial charge in [-0.2, -0.15) is 4.98 Å². The molecular formula is C31H32ClFN6O2. The van der Waals surface area contributed by atoms with Crippen molar-refractivity contribution in [2.45, 2.75) is 52.6 Å². The van der Waals surface area contributed by atoms with E-state index in [1.807, 2.05) is 45.6 Å². The average molecular weight is 575 g/mol. The number of hydrogen-bond donors (Lipinski definition) is 0. The van der Waals surface area contributed by atoms with Crippen molar-refractivity contribution in [3.8, 4) is 16.9 Å². The maximum absolute atomic E-state index is 15.0. The number of fused-ring (bicyclic) bond motifs is 1. The lowest BCUT2D eigenvalue weighted by molar-refractivity contribution is -0.127. The number of piperazine rings is 1. The molecule has 4 aromatic rings. The molecule has 1 fully saturated rings. The van der Waals surface area contributed by atoms with Gasteiger partial charge in [0.05, 0.1) is 27.5 Å². The van der Waals surface area contributed by atoms with Crippen molar-refractivity contribution < 1.29 is 9.18 Å². The van der Waals surface area contributed by atoms with Crippen LogP contribution in [0.2, 0.25) is 5.02 Å². The number of anilines is 1. The maximum Gasteiger partial charge on any atom is 0.355 e. The Morgan fingerprint density at radius 2 is 1.83 bits per heavy atom. The van der Waals surface area contributed by atoms with Gasteiger partial charge in [-0.25, -0.2) is 18.7 Å². The minimum atomic E-state index is -0.538. The Labute approximate surface area is 243 Å². The van der Waals surface area contributed by atoms with Crippen LogP contribution in [0.4, 0.5) is 10.2 Å².